The molecule has 0 fully saturated rings. The molecule has 2 aliphatic rings. The third kappa shape index (κ3) is 4.08. The highest BCUT2D eigenvalue weighted by Gasteiger charge is 2.34. The highest BCUT2D eigenvalue weighted by Crippen LogP contribution is 2.31. The van der Waals surface area contributed by atoms with Crippen LogP contribution in [0.2, 0.25) is 0 Å². The molecule has 2 heterocycles. The summed E-state index contributed by atoms with van der Waals surface area (Å²) in [6, 6.07) is 10.6. The van der Waals surface area contributed by atoms with E-state index in [2.05, 4.69) is 0 Å². The van der Waals surface area contributed by atoms with Crippen molar-refractivity contribution >= 4 is 20.0 Å². The average Bonchev–Trinajstić information content (AvgIpc) is 2.72. The van der Waals surface area contributed by atoms with E-state index in [1.54, 1.807) is 24.3 Å². The first-order chi connectivity index (χ1) is 15.0. The maximum absolute atomic E-state index is 13.4. The van der Waals surface area contributed by atoms with Crippen molar-refractivity contribution in [2.24, 2.45) is 0 Å². The second kappa shape index (κ2) is 8.26. The Bertz CT molecular complexity index is 1320. The lowest BCUT2D eigenvalue weighted by Crippen LogP contribution is -2.42. The Balaban J connectivity index is 1.58. The molecule has 4 rings (SSSR count). The minimum absolute atomic E-state index is 0.222. The summed E-state index contributed by atoms with van der Waals surface area (Å²) in [7, 11) is -7.28. The lowest BCUT2D eigenvalue weighted by atomic mass is 10.00. The van der Waals surface area contributed by atoms with Gasteiger partial charge in [-0.05, 0) is 62.1 Å². The topological polar surface area (TPSA) is 74.8 Å². The number of hydrogen-bond acceptors (Lipinski definition) is 4. The molecule has 0 saturated carbocycles. The van der Waals surface area contributed by atoms with E-state index < -0.39 is 20.0 Å². The Kier molecular flexibility index (Phi) is 5.92. The fourth-order valence-electron chi connectivity index (χ4n) is 4.46. The molecule has 2 aromatic rings. The van der Waals surface area contributed by atoms with Gasteiger partial charge in [0.1, 0.15) is 0 Å². The molecule has 0 amide bonds. The van der Waals surface area contributed by atoms with E-state index in [1.807, 2.05) is 52.0 Å². The molecule has 0 bridgehead atoms. The number of fused-ring (bicyclic) bond motifs is 1. The van der Waals surface area contributed by atoms with Crippen LogP contribution in [0.1, 0.15) is 22.3 Å². The van der Waals surface area contributed by atoms with Crippen molar-refractivity contribution in [1.82, 2.24) is 8.61 Å². The summed E-state index contributed by atoms with van der Waals surface area (Å²) in [5, 5.41) is 0. The highest BCUT2D eigenvalue weighted by molar-refractivity contribution is 7.89. The molecule has 0 unspecified atom stereocenters. The average molecular weight is 473 g/mol. The lowest BCUT2D eigenvalue weighted by molar-refractivity contribution is 0.426. The van der Waals surface area contributed by atoms with Gasteiger partial charge in [0.2, 0.25) is 20.0 Å². The predicted octanol–water partition coefficient (Wildman–Crippen LogP) is 3.48. The molecular formula is C24H28N2O4S2. The molecule has 170 valence electrons. The van der Waals surface area contributed by atoms with Crippen LogP contribution in [0.15, 0.2) is 69.5 Å². The summed E-state index contributed by atoms with van der Waals surface area (Å²) in [6.07, 6.45) is 3.67. The van der Waals surface area contributed by atoms with Gasteiger partial charge >= 0.3 is 0 Å². The number of aryl methyl sites for hydroxylation is 4. The largest absolute Gasteiger partial charge is 0.244 e. The van der Waals surface area contributed by atoms with Gasteiger partial charge in [-0.15, -0.1) is 0 Å². The van der Waals surface area contributed by atoms with E-state index in [0.29, 0.717) is 4.90 Å². The van der Waals surface area contributed by atoms with Gasteiger partial charge in [-0.25, -0.2) is 16.8 Å². The Morgan fingerprint density at radius 2 is 1.12 bits per heavy atom. The molecule has 8 heteroatoms. The van der Waals surface area contributed by atoms with Crippen molar-refractivity contribution in [2.45, 2.75) is 37.5 Å². The fourth-order valence-corrected chi connectivity index (χ4v) is 7.58. The lowest BCUT2D eigenvalue weighted by Gasteiger charge is -2.34. The zero-order chi connectivity index (χ0) is 23.3. The zero-order valence-electron chi connectivity index (χ0n) is 18.8. The first-order valence-corrected chi connectivity index (χ1v) is 13.4. The smallest absolute Gasteiger partial charge is 0.207 e. The van der Waals surface area contributed by atoms with Crippen LogP contribution in [0.5, 0.6) is 0 Å². The zero-order valence-corrected chi connectivity index (χ0v) is 20.4. The first kappa shape index (κ1) is 22.9. The van der Waals surface area contributed by atoms with Crippen molar-refractivity contribution < 1.29 is 16.8 Å². The van der Waals surface area contributed by atoms with E-state index in [9.17, 15) is 16.8 Å². The predicted molar refractivity (Wildman–Crippen MR) is 126 cm³/mol. The maximum atomic E-state index is 13.4. The molecule has 32 heavy (non-hydrogen) atoms. The van der Waals surface area contributed by atoms with Crippen molar-refractivity contribution in [2.75, 3.05) is 26.2 Å². The normalized spacial score (nSPS) is 18.1. The van der Waals surface area contributed by atoms with Crippen LogP contribution in [0.25, 0.3) is 0 Å². The standard InChI is InChI=1S/C24H28N2O4S2/c1-17-5-7-23(8-6-17)31(27,28)25-11-9-22-16-26(12-10-21(22)15-25)32(29,30)24-19(3)13-18(2)14-20(24)4/h5-10,13-14H,11-12,15-16H2,1-4H3. The molecule has 0 radical (unpaired) electrons. The van der Waals surface area contributed by atoms with E-state index >= 15 is 0 Å². The number of benzene rings is 2. The van der Waals surface area contributed by atoms with Gasteiger partial charge in [0, 0.05) is 26.2 Å². The molecule has 0 atom stereocenters. The molecular weight excluding hydrogens is 444 g/mol. The van der Waals surface area contributed by atoms with Gasteiger partial charge in [0.15, 0.2) is 0 Å². The minimum Gasteiger partial charge on any atom is -0.207 e. The van der Waals surface area contributed by atoms with Gasteiger partial charge in [-0.1, -0.05) is 47.5 Å². The van der Waals surface area contributed by atoms with Crippen molar-refractivity contribution in [3.63, 3.8) is 0 Å². The minimum atomic E-state index is -3.66. The van der Waals surface area contributed by atoms with Crippen molar-refractivity contribution in [3.05, 3.63) is 82.0 Å². The summed E-state index contributed by atoms with van der Waals surface area (Å²) in [5.74, 6) is 0. The van der Waals surface area contributed by atoms with Crippen molar-refractivity contribution in [3.8, 4) is 0 Å². The summed E-state index contributed by atoms with van der Waals surface area (Å²) in [6.45, 7) is 8.46. The quantitative estimate of drug-likeness (QED) is 0.683. The molecule has 0 aliphatic carbocycles. The van der Waals surface area contributed by atoms with Crippen LogP contribution in [-0.2, 0) is 20.0 Å². The number of nitrogens with zero attached hydrogens (tertiary/aromatic N) is 2. The molecule has 2 aliphatic heterocycles. The van der Waals surface area contributed by atoms with Gasteiger partial charge in [-0.2, -0.15) is 8.61 Å². The Hall–Kier alpha value is -2.26. The first-order valence-electron chi connectivity index (χ1n) is 10.5. The second-order valence-electron chi connectivity index (χ2n) is 8.59. The molecule has 2 aromatic carbocycles. The van der Waals surface area contributed by atoms with E-state index in [4.69, 9.17) is 0 Å². The Morgan fingerprint density at radius 1 is 0.656 bits per heavy atom. The van der Waals surface area contributed by atoms with E-state index in [-0.39, 0.29) is 31.1 Å². The van der Waals surface area contributed by atoms with Crippen LogP contribution in [0.4, 0.5) is 0 Å². The monoisotopic (exact) mass is 472 g/mol. The summed E-state index contributed by atoms with van der Waals surface area (Å²) >= 11 is 0. The fraction of sp³-hybridized carbons (Fsp3) is 0.333. The number of sulfonamides is 2. The van der Waals surface area contributed by atoms with E-state index in [1.165, 1.54) is 8.61 Å². The third-order valence-corrected chi connectivity index (χ3v) is 9.99. The summed E-state index contributed by atoms with van der Waals surface area (Å²) in [4.78, 5) is 0.630. The number of rotatable bonds is 4. The van der Waals surface area contributed by atoms with Gasteiger partial charge in [0.05, 0.1) is 9.79 Å². The van der Waals surface area contributed by atoms with Crippen LogP contribution in [0.3, 0.4) is 0 Å². The molecule has 0 aromatic heterocycles. The Labute approximate surface area is 191 Å². The molecule has 6 nitrogen and oxygen atoms in total. The van der Waals surface area contributed by atoms with Gasteiger partial charge in [0.25, 0.3) is 0 Å². The summed E-state index contributed by atoms with van der Waals surface area (Å²) in [5.41, 5.74) is 5.26. The van der Waals surface area contributed by atoms with Crippen molar-refractivity contribution in [1.29, 1.82) is 0 Å². The van der Waals surface area contributed by atoms with Crippen LogP contribution < -0.4 is 0 Å². The van der Waals surface area contributed by atoms with Crippen LogP contribution in [0, 0.1) is 27.7 Å². The highest BCUT2D eigenvalue weighted by atomic mass is 32.2. The molecule has 0 spiro atoms. The maximum Gasteiger partial charge on any atom is 0.244 e. The van der Waals surface area contributed by atoms with E-state index in [0.717, 1.165) is 33.4 Å². The summed E-state index contributed by atoms with van der Waals surface area (Å²) < 4.78 is 55.8. The second-order valence-corrected chi connectivity index (χ2v) is 12.4. The Morgan fingerprint density at radius 3 is 1.62 bits per heavy atom. The third-order valence-electron chi connectivity index (χ3n) is 6.05. The van der Waals surface area contributed by atoms with Crippen LogP contribution >= 0.6 is 0 Å². The number of hydrogen-bond donors (Lipinski definition) is 0. The van der Waals surface area contributed by atoms with Crippen LogP contribution in [-0.4, -0.2) is 51.6 Å². The van der Waals surface area contributed by atoms with Gasteiger partial charge in [-0.3, -0.25) is 0 Å². The van der Waals surface area contributed by atoms with Gasteiger partial charge < -0.3 is 0 Å². The molecule has 0 saturated heterocycles. The molecule has 0 N–H and O–H groups in total. The SMILES string of the molecule is Cc1ccc(S(=O)(=O)N2CC=C3CN(S(=O)(=O)c4c(C)cc(C)cc4C)CC=C3C2)cc1.